The number of rotatable bonds is 8. The van der Waals surface area contributed by atoms with Crippen LogP contribution in [0.1, 0.15) is 5.56 Å². The van der Waals surface area contributed by atoms with Gasteiger partial charge in [-0.15, -0.1) is 5.10 Å². The number of ether oxygens (including phenoxy) is 1. The van der Waals surface area contributed by atoms with Gasteiger partial charge in [-0.2, -0.15) is 13.8 Å². The number of benzene rings is 3. The van der Waals surface area contributed by atoms with Gasteiger partial charge in [0.15, 0.2) is 11.4 Å². The third-order valence-electron chi connectivity index (χ3n) is 5.52. The van der Waals surface area contributed by atoms with Crippen molar-refractivity contribution in [2.45, 2.75) is 13.0 Å². The molecule has 0 saturated heterocycles. The minimum absolute atomic E-state index is 0.0832. The molecule has 192 valence electrons. The van der Waals surface area contributed by atoms with Crippen LogP contribution < -0.4 is 15.4 Å². The largest absolute Gasteiger partial charge is 0.432 e. The van der Waals surface area contributed by atoms with Crippen LogP contribution in [0.25, 0.3) is 16.8 Å². The monoisotopic (exact) mass is 521 g/mol. The fourth-order valence-corrected chi connectivity index (χ4v) is 3.76. The summed E-state index contributed by atoms with van der Waals surface area (Å²) in [7, 11) is 0. The fraction of sp³-hybridized carbons (Fsp3) is 0.0741. The lowest BCUT2D eigenvalue weighted by atomic mass is 10.1. The van der Waals surface area contributed by atoms with Crippen molar-refractivity contribution in [3.8, 4) is 16.9 Å². The van der Waals surface area contributed by atoms with Crippen LogP contribution in [0.5, 0.6) is 5.75 Å². The molecule has 38 heavy (non-hydrogen) atoms. The number of nitrogens with one attached hydrogen (secondary N) is 2. The molecule has 2 aromatic heterocycles. The van der Waals surface area contributed by atoms with Gasteiger partial charge in [0.1, 0.15) is 11.6 Å². The first-order valence-electron chi connectivity index (χ1n) is 11.3. The predicted molar refractivity (Wildman–Crippen MR) is 133 cm³/mol. The van der Waals surface area contributed by atoms with E-state index in [2.05, 4.69) is 25.5 Å². The number of pyridine rings is 1. The second kappa shape index (κ2) is 10.6. The Kier molecular flexibility index (Phi) is 6.90. The summed E-state index contributed by atoms with van der Waals surface area (Å²) in [4.78, 5) is 16.6. The molecule has 0 spiro atoms. The van der Waals surface area contributed by atoms with E-state index >= 15 is 0 Å². The van der Waals surface area contributed by atoms with Gasteiger partial charge < -0.3 is 15.4 Å². The third kappa shape index (κ3) is 5.89. The standard InChI is InChI=1S/C27H19F4N5O2/c28-19-6-1-16(2-7-19)13-25(37)32-21-9-3-17(4-10-21)18-5-12-24-34-27(35-36(24)15-18)33-22-11-8-20(29)14-23(22)38-26(30)31/h1-12,14-15,26H,13H2,(H,32,37)(H,33,35). The number of halogens is 4. The Bertz CT molecular complexity index is 1590. The van der Waals surface area contributed by atoms with Crippen LogP contribution in [-0.4, -0.2) is 27.1 Å². The van der Waals surface area contributed by atoms with Crippen molar-refractivity contribution in [2.24, 2.45) is 0 Å². The van der Waals surface area contributed by atoms with E-state index in [1.54, 1.807) is 36.5 Å². The van der Waals surface area contributed by atoms with Crippen molar-refractivity contribution >= 4 is 28.9 Å². The summed E-state index contributed by atoms with van der Waals surface area (Å²) in [6, 6.07) is 19.7. The maximum atomic E-state index is 13.5. The van der Waals surface area contributed by atoms with Gasteiger partial charge in [0.05, 0.1) is 12.1 Å². The molecule has 0 aliphatic carbocycles. The van der Waals surface area contributed by atoms with Gasteiger partial charge in [-0.25, -0.2) is 13.3 Å². The lowest BCUT2D eigenvalue weighted by Crippen LogP contribution is -2.14. The molecule has 0 saturated carbocycles. The van der Waals surface area contributed by atoms with Gasteiger partial charge in [0.2, 0.25) is 11.9 Å². The summed E-state index contributed by atoms with van der Waals surface area (Å²) in [5.41, 5.74) is 3.53. The van der Waals surface area contributed by atoms with Gasteiger partial charge in [-0.05, 0) is 59.7 Å². The van der Waals surface area contributed by atoms with Gasteiger partial charge in [0, 0.05) is 23.5 Å². The minimum Gasteiger partial charge on any atom is -0.432 e. The molecule has 0 radical (unpaired) electrons. The summed E-state index contributed by atoms with van der Waals surface area (Å²) in [6.07, 6.45) is 1.85. The molecule has 0 bridgehead atoms. The van der Waals surface area contributed by atoms with Crippen molar-refractivity contribution in [1.82, 2.24) is 14.6 Å². The summed E-state index contributed by atoms with van der Waals surface area (Å²) in [5.74, 6) is -1.58. The Labute approximate surface area is 213 Å². The molecule has 11 heteroatoms. The SMILES string of the molecule is O=C(Cc1ccc(F)cc1)Nc1ccc(-c2ccc3nc(Nc4ccc(F)cc4OC(F)F)nn3c2)cc1. The van der Waals surface area contributed by atoms with Gasteiger partial charge >= 0.3 is 6.61 Å². The number of anilines is 3. The number of alkyl halides is 2. The molecule has 2 N–H and O–H groups in total. The van der Waals surface area contributed by atoms with E-state index in [1.165, 1.54) is 22.7 Å². The van der Waals surface area contributed by atoms with Gasteiger partial charge in [0.25, 0.3) is 0 Å². The van der Waals surface area contributed by atoms with Crippen molar-refractivity contribution in [2.75, 3.05) is 10.6 Å². The topological polar surface area (TPSA) is 80.5 Å². The van der Waals surface area contributed by atoms with Crippen LogP contribution in [0.4, 0.5) is 34.9 Å². The van der Waals surface area contributed by atoms with Crippen LogP contribution in [0.2, 0.25) is 0 Å². The first-order chi connectivity index (χ1) is 18.3. The Morgan fingerprint density at radius 3 is 2.34 bits per heavy atom. The van der Waals surface area contributed by atoms with Crippen LogP contribution >= 0.6 is 0 Å². The van der Waals surface area contributed by atoms with Crippen molar-refractivity contribution in [3.05, 3.63) is 102 Å². The van der Waals surface area contributed by atoms with Crippen LogP contribution in [0, 0.1) is 11.6 Å². The number of fused-ring (bicyclic) bond motifs is 1. The molecule has 5 aromatic rings. The average Bonchev–Trinajstić information content (AvgIpc) is 3.29. The molecule has 3 aromatic carbocycles. The van der Waals surface area contributed by atoms with E-state index in [-0.39, 0.29) is 35.5 Å². The van der Waals surface area contributed by atoms with E-state index in [9.17, 15) is 22.4 Å². The highest BCUT2D eigenvalue weighted by Gasteiger charge is 2.14. The average molecular weight is 521 g/mol. The molecule has 7 nitrogen and oxygen atoms in total. The lowest BCUT2D eigenvalue weighted by molar-refractivity contribution is -0.115. The molecule has 2 heterocycles. The van der Waals surface area contributed by atoms with Crippen molar-refractivity contribution in [1.29, 1.82) is 0 Å². The van der Waals surface area contributed by atoms with E-state index < -0.39 is 12.4 Å². The quantitative estimate of drug-likeness (QED) is 0.238. The van der Waals surface area contributed by atoms with E-state index in [0.29, 0.717) is 16.9 Å². The van der Waals surface area contributed by atoms with Crippen molar-refractivity contribution in [3.63, 3.8) is 0 Å². The zero-order valence-corrected chi connectivity index (χ0v) is 19.5. The Morgan fingerprint density at radius 2 is 1.61 bits per heavy atom. The number of hydrogen-bond donors (Lipinski definition) is 2. The molecule has 1 amide bonds. The zero-order chi connectivity index (χ0) is 26.6. The van der Waals surface area contributed by atoms with Crippen LogP contribution in [-0.2, 0) is 11.2 Å². The number of hydrogen-bond acceptors (Lipinski definition) is 5. The maximum absolute atomic E-state index is 13.5. The summed E-state index contributed by atoms with van der Waals surface area (Å²) < 4.78 is 57.8. The maximum Gasteiger partial charge on any atom is 0.387 e. The highest BCUT2D eigenvalue weighted by atomic mass is 19.3. The van der Waals surface area contributed by atoms with E-state index in [4.69, 9.17) is 0 Å². The van der Waals surface area contributed by atoms with E-state index in [1.807, 2.05) is 18.2 Å². The molecule has 0 atom stereocenters. The third-order valence-corrected chi connectivity index (χ3v) is 5.52. The number of amides is 1. The Morgan fingerprint density at radius 1 is 0.895 bits per heavy atom. The minimum atomic E-state index is -3.12. The molecule has 0 aliphatic rings. The van der Waals surface area contributed by atoms with Gasteiger partial charge in [-0.1, -0.05) is 24.3 Å². The summed E-state index contributed by atoms with van der Waals surface area (Å²) in [6.45, 7) is -3.12. The lowest BCUT2D eigenvalue weighted by Gasteiger charge is -2.10. The zero-order valence-electron chi connectivity index (χ0n) is 19.5. The van der Waals surface area contributed by atoms with E-state index in [0.717, 1.165) is 23.3 Å². The molecule has 0 unspecified atom stereocenters. The first-order valence-corrected chi connectivity index (χ1v) is 11.3. The fourth-order valence-electron chi connectivity index (χ4n) is 3.76. The molecule has 0 aliphatic heterocycles. The number of carbonyl (C=O) groups excluding carboxylic acids is 1. The summed E-state index contributed by atoms with van der Waals surface area (Å²) >= 11 is 0. The Hall–Kier alpha value is -4.93. The van der Waals surface area contributed by atoms with Crippen LogP contribution in [0.3, 0.4) is 0 Å². The predicted octanol–water partition coefficient (Wildman–Crippen LogP) is 6.20. The van der Waals surface area contributed by atoms with Crippen LogP contribution in [0.15, 0.2) is 85.1 Å². The number of carbonyl (C=O) groups is 1. The van der Waals surface area contributed by atoms with Gasteiger partial charge in [-0.3, -0.25) is 4.79 Å². The highest BCUT2D eigenvalue weighted by Crippen LogP contribution is 2.29. The summed E-state index contributed by atoms with van der Waals surface area (Å²) in [5, 5.41) is 9.90. The molecule has 5 rings (SSSR count). The second-order valence-electron chi connectivity index (χ2n) is 8.23. The normalized spacial score (nSPS) is 11.1. The molecular weight excluding hydrogens is 502 g/mol. The number of aromatic nitrogens is 3. The smallest absolute Gasteiger partial charge is 0.387 e. The molecular formula is C27H19F4N5O2. The first kappa shape index (κ1) is 24.8. The van der Waals surface area contributed by atoms with Crippen molar-refractivity contribution < 1.29 is 27.1 Å². The highest BCUT2D eigenvalue weighted by molar-refractivity contribution is 5.92. The molecule has 0 fully saturated rings. The Balaban J connectivity index is 1.28. The second-order valence-corrected chi connectivity index (χ2v) is 8.23. The number of nitrogens with zero attached hydrogens (tertiary/aromatic N) is 3.